The van der Waals surface area contributed by atoms with Gasteiger partial charge in [0.25, 0.3) is 0 Å². The summed E-state index contributed by atoms with van der Waals surface area (Å²) in [5.41, 5.74) is -0.308. The number of alkyl halides is 6. The molecule has 3 aromatic rings. The number of benzene rings is 2. The molecule has 0 atom stereocenters. The van der Waals surface area contributed by atoms with Crippen molar-refractivity contribution < 1.29 is 40.4 Å². The van der Waals surface area contributed by atoms with Gasteiger partial charge in [-0.3, -0.25) is 5.32 Å². The minimum Gasteiger partial charge on any atom is -0.444 e. The minimum absolute atomic E-state index is 0.0947. The SMILES string of the molecule is O=C(Nc1cccc(C(F)(F)F)c1)OCc1ccc(-c2noc(C(F)(F)F)n2)cc1. The lowest BCUT2D eigenvalue weighted by molar-refractivity contribution is -0.159. The number of amides is 1. The Balaban J connectivity index is 1.57. The maximum atomic E-state index is 12.7. The molecule has 12 heteroatoms. The molecule has 30 heavy (non-hydrogen) atoms. The highest BCUT2D eigenvalue weighted by Crippen LogP contribution is 2.31. The molecule has 0 unspecified atom stereocenters. The Labute approximate surface area is 164 Å². The lowest BCUT2D eigenvalue weighted by Gasteiger charge is -2.10. The highest BCUT2D eigenvalue weighted by Gasteiger charge is 2.38. The highest BCUT2D eigenvalue weighted by molar-refractivity contribution is 5.84. The van der Waals surface area contributed by atoms with E-state index in [1.54, 1.807) is 0 Å². The summed E-state index contributed by atoms with van der Waals surface area (Å²) in [4.78, 5) is 15.0. The molecule has 0 fully saturated rings. The summed E-state index contributed by atoms with van der Waals surface area (Å²) in [5.74, 6) is -1.74. The van der Waals surface area contributed by atoms with Gasteiger partial charge in [0.1, 0.15) is 6.61 Å². The van der Waals surface area contributed by atoms with Gasteiger partial charge in [-0.25, -0.2) is 4.79 Å². The smallest absolute Gasteiger partial charge is 0.444 e. The van der Waals surface area contributed by atoms with Crippen LogP contribution < -0.4 is 5.32 Å². The van der Waals surface area contributed by atoms with Crippen LogP contribution in [0.4, 0.5) is 36.8 Å². The maximum absolute atomic E-state index is 12.7. The van der Waals surface area contributed by atoms with Gasteiger partial charge in [0.2, 0.25) is 5.82 Å². The molecule has 158 valence electrons. The molecule has 0 aliphatic rings. The molecule has 0 aliphatic heterocycles. The van der Waals surface area contributed by atoms with Crippen LogP contribution in [0.2, 0.25) is 0 Å². The summed E-state index contributed by atoms with van der Waals surface area (Å²) < 4.78 is 84.6. The van der Waals surface area contributed by atoms with E-state index in [9.17, 15) is 31.1 Å². The van der Waals surface area contributed by atoms with E-state index in [-0.39, 0.29) is 23.7 Å². The summed E-state index contributed by atoms with van der Waals surface area (Å²) in [7, 11) is 0. The fourth-order valence-corrected chi connectivity index (χ4v) is 2.28. The zero-order valence-electron chi connectivity index (χ0n) is 14.7. The number of hydrogen-bond acceptors (Lipinski definition) is 5. The molecule has 0 bridgehead atoms. The highest BCUT2D eigenvalue weighted by atomic mass is 19.4. The van der Waals surface area contributed by atoms with Gasteiger partial charge in [0.05, 0.1) is 5.56 Å². The summed E-state index contributed by atoms with van der Waals surface area (Å²) in [5, 5.41) is 5.43. The average Bonchev–Trinajstić information content (AvgIpc) is 3.17. The number of carbonyl (C=O) groups excluding carboxylic acids is 1. The Morgan fingerprint density at radius 2 is 1.70 bits per heavy atom. The van der Waals surface area contributed by atoms with Gasteiger partial charge in [-0.2, -0.15) is 31.3 Å². The first kappa shape index (κ1) is 21.1. The molecule has 0 saturated carbocycles. The van der Waals surface area contributed by atoms with Crippen LogP contribution in [-0.4, -0.2) is 16.2 Å². The first-order chi connectivity index (χ1) is 14.0. The van der Waals surface area contributed by atoms with Gasteiger partial charge >= 0.3 is 24.3 Å². The molecule has 1 aromatic heterocycles. The monoisotopic (exact) mass is 431 g/mol. The number of nitrogens with one attached hydrogen (secondary N) is 1. The standard InChI is InChI=1S/C18H11F6N3O3/c19-17(20,21)12-2-1-3-13(8-12)25-16(28)29-9-10-4-6-11(7-5-10)14-26-15(30-27-14)18(22,23)24/h1-8H,9H2,(H,25,28). The van der Waals surface area contributed by atoms with Crippen molar-refractivity contribution in [1.82, 2.24) is 10.1 Å². The van der Waals surface area contributed by atoms with Gasteiger partial charge in [0, 0.05) is 11.3 Å². The van der Waals surface area contributed by atoms with E-state index in [1.807, 2.05) is 0 Å². The lowest BCUT2D eigenvalue weighted by Crippen LogP contribution is -2.14. The fourth-order valence-electron chi connectivity index (χ4n) is 2.28. The molecule has 2 aromatic carbocycles. The molecule has 0 radical (unpaired) electrons. The van der Waals surface area contributed by atoms with Gasteiger partial charge < -0.3 is 9.26 Å². The van der Waals surface area contributed by atoms with Crippen LogP contribution in [0, 0.1) is 0 Å². The number of nitrogens with zero attached hydrogens (tertiary/aromatic N) is 2. The van der Waals surface area contributed by atoms with Crippen molar-refractivity contribution >= 4 is 11.8 Å². The fraction of sp³-hybridized carbons (Fsp3) is 0.167. The van der Waals surface area contributed by atoms with Crippen LogP contribution in [0.3, 0.4) is 0 Å². The Hall–Kier alpha value is -3.57. The van der Waals surface area contributed by atoms with Gasteiger partial charge in [-0.05, 0) is 23.8 Å². The van der Waals surface area contributed by atoms with Crippen molar-refractivity contribution in [3.8, 4) is 11.4 Å². The van der Waals surface area contributed by atoms with E-state index < -0.39 is 29.9 Å². The summed E-state index contributed by atoms with van der Waals surface area (Å²) in [6.07, 6.45) is -10.3. The molecule has 1 amide bonds. The zero-order chi connectivity index (χ0) is 21.9. The van der Waals surface area contributed by atoms with Crippen molar-refractivity contribution in [3.05, 3.63) is 65.5 Å². The summed E-state index contributed by atoms with van der Waals surface area (Å²) in [6.45, 7) is -0.231. The number of hydrogen-bond donors (Lipinski definition) is 1. The van der Waals surface area contributed by atoms with Crippen LogP contribution in [0.15, 0.2) is 53.1 Å². The third kappa shape index (κ3) is 5.27. The number of ether oxygens (including phenoxy) is 1. The molecule has 0 aliphatic carbocycles. The maximum Gasteiger partial charge on any atom is 0.471 e. The third-order valence-corrected chi connectivity index (χ3v) is 3.69. The van der Waals surface area contributed by atoms with E-state index in [4.69, 9.17) is 4.74 Å². The van der Waals surface area contributed by atoms with Crippen LogP contribution in [-0.2, 0) is 23.7 Å². The van der Waals surface area contributed by atoms with E-state index in [0.717, 1.165) is 18.2 Å². The lowest BCUT2D eigenvalue weighted by atomic mass is 10.1. The van der Waals surface area contributed by atoms with Gasteiger partial charge in [-0.15, -0.1) is 0 Å². The number of anilines is 1. The van der Waals surface area contributed by atoms with Crippen LogP contribution >= 0.6 is 0 Å². The molecule has 0 saturated heterocycles. The van der Waals surface area contributed by atoms with Crippen molar-refractivity contribution in [2.75, 3.05) is 5.32 Å². The third-order valence-electron chi connectivity index (χ3n) is 3.69. The number of halogens is 6. The first-order valence-corrected chi connectivity index (χ1v) is 8.13. The molecular formula is C18H11F6N3O3. The zero-order valence-corrected chi connectivity index (χ0v) is 14.7. The molecule has 3 rings (SSSR count). The Kier molecular flexibility index (Phi) is 5.67. The number of aromatic nitrogens is 2. The van der Waals surface area contributed by atoms with E-state index >= 15 is 0 Å². The predicted molar refractivity (Wildman–Crippen MR) is 90.0 cm³/mol. The van der Waals surface area contributed by atoms with Crippen molar-refractivity contribution in [2.24, 2.45) is 0 Å². The molecule has 6 nitrogen and oxygen atoms in total. The van der Waals surface area contributed by atoms with Gasteiger partial charge in [0.15, 0.2) is 0 Å². The van der Waals surface area contributed by atoms with Gasteiger partial charge in [-0.1, -0.05) is 35.5 Å². The van der Waals surface area contributed by atoms with Crippen molar-refractivity contribution in [1.29, 1.82) is 0 Å². The van der Waals surface area contributed by atoms with E-state index in [1.165, 1.54) is 30.3 Å². The second-order valence-electron chi connectivity index (χ2n) is 5.90. The van der Waals surface area contributed by atoms with Crippen LogP contribution in [0.1, 0.15) is 17.0 Å². The molecular weight excluding hydrogens is 420 g/mol. The Bertz CT molecular complexity index is 1030. The average molecular weight is 431 g/mol. The number of carbonyl (C=O) groups is 1. The van der Waals surface area contributed by atoms with E-state index in [0.29, 0.717) is 5.56 Å². The number of rotatable bonds is 4. The molecule has 1 heterocycles. The van der Waals surface area contributed by atoms with Crippen LogP contribution in [0.25, 0.3) is 11.4 Å². The quantitative estimate of drug-likeness (QED) is 0.551. The summed E-state index contributed by atoms with van der Waals surface area (Å²) in [6, 6.07) is 9.73. The van der Waals surface area contributed by atoms with Crippen molar-refractivity contribution in [2.45, 2.75) is 19.0 Å². The topological polar surface area (TPSA) is 77.2 Å². The van der Waals surface area contributed by atoms with E-state index in [2.05, 4.69) is 20.0 Å². The molecule has 1 N–H and O–H groups in total. The van der Waals surface area contributed by atoms with Crippen molar-refractivity contribution in [3.63, 3.8) is 0 Å². The largest absolute Gasteiger partial charge is 0.471 e. The predicted octanol–water partition coefficient (Wildman–Crippen LogP) is 5.52. The Morgan fingerprint density at radius 1 is 1.00 bits per heavy atom. The summed E-state index contributed by atoms with van der Waals surface area (Å²) >= 11 is 0. The first-order valence-electron chi connectivity index (χ1n) is 8.13. The second-order valence-corrected chi connectivity index (χ2v) is 5.90. The minimum atomic E-state index is -4.76. The second kappa shape index (κ2) is 8.05. The normalized spacial score (nSPS) is 11.9. The Morgan fingerprint density at radius 3 is 2.30 bits per heavy atom. The van der Waals surface area contributed by atoms with Crippen LogP contribution in [0.5, 0.6) is 0 Å². The molecule has 0 spiro atoms.